The first-order valence-corrected chi connectivity index (χ1v) is 15.3. The van der Waals surface area contributed by atoms with Gasteiger partial charge in [-0.25, -0.2) is 4.79 Å². The van der Waals surface area contributed by atoms with Crippen LogP contribution in [0.3, 0.4) is 0 Å². The Balaban J connectivity index is 3.09. The summed E-state index contributed by atoms with van der Waals surface area (Å²) in [6.07, 6.45) is 40.5. The van der Waals surface area contributed by atoms with Crippen molar-refractivity contribution in [1.29, 1.82) is 0 Å². The highest BCUT2D eigenvalue weighted by molar-refractivity contribution is 5.82. The van der Waals surface area contributed by atoms with Crippen LogP contribution in [0, 0.1) is 0 Å². The van der Waals surface area contributed by atoms with E-state index in [1.807, 2.05) is 19.1 Å². The van der Waals surface area contributed by atoms with E-state index in [1.54, 1.807) is 6.08 Å². The Kier molecular flexibility index (Phi) is 29.1. The fraction of sp³-hybridized carbons (Fsp3) is 0.844. The second-order valence-corrected chi connectivity index (χ2v) is 10.2. The van der Waals surface area contributed by atoms with E-state index in [4.69, 9.17) is 4.74 Å². The zero-order valence-corrected chi connectivity index (χ0v) is 23.3. The van der Waals surface area contributed by atoms with Crippen LogP contribution in [0.2, 0.25) is 0 Å². The summed E-state index contributed by atoms with van der Waals surface area (Å²) < 4.78 is 5.18. The maximum absolute atomic E-state index is 11.4. The summed E-state index contributed by atoms with van der Waals surface area (Å²) in [5.74, 6) is -0.229. The van der Waals surface area contributed by atoms with Gasteiger partial charge in [0.25, 0.3) is 0 Å². The molecule has 0 aromatic carbocycles. The lowest BCUT2D eigenvalue weighted by atomic mass is 10.0. The first-order valence-electron chi connectivity index (χ1n) is 15.3. The van der Waals surface area contributed by atoms with E-state index in [0.717, 1.165) is 6.42 Å². The highest BCUT2D eigenvalue weighted by Crippen LogP contribution is 2.15. The first kappa shape index (κ1) is 33.0. The van der Waals surface area contributed by atoms with Crippen molar-refractivity contribution < 1.29 is 9.53 Å². The van der Waals surface area contributed by atoms with Crippen LogP contribution in [0.25, 0.3) is 0 Å². The molecular weight excluding hydrogens is 416 g/mol. The van der Waals surface area contributed by atoms with E-state index in [2.05, 4.69) is 6.92 Å². The monoisotopic (exact) mass is 476 g/mol. The number of rotatable bonds is 27. The number of unbranched alkanes of at least 4 members (excludes halogenated alkanes) is 23. The van der Waals surface area contributed by atoms with Gasteiger partial charge in [-0.2, -0.15) is 0 Å². The van der Waals surface area contributed by atoms with Gasteiger partial charge >= 0.3 is 5.97 Å². The maximum Gasteiger partial charge on any atom is 0.330 e. The van der Waals surface area contributed by atoms with Crippen molar-refractivity contribution in [2.24, 2.45) is 0 Å². The van der Waals surface area contributed by atoms with E-state index >= 15 is 0 Å². The van der Waals surface area contributed by atoms with Gasteiger partial charge in [-0.3, -0.25) is 0 Å². The lowest BCUT2D eigenvalue weighted by Crippen LogP contribution is -2.02. The van der Waals surface area contributed by atoms with Crippen LogP contribution in [0.4, 0.5) is 0 Å². The average Bonchev–Trinajstić information content (AvgIpc) is 2.84. The molecular formula is C32H60O2. The van der Waals surface area contributed by atoms with E-state index in [1.165, 1.54) is 154 Å². The van der Waals surface area contributed by atoms with Gasteiger partial charge in [0, 0.05) is 6.08 Å². The Morgan fingerprint density at radius 3 is 1.15 bits per heavy atom. The summed E-state index contributed by atoms with van der Waals surface area (Å²) in [7, 11) is 0. The quantitative estimate of drug-likeness (QED) is 0.0510. The molecule has 2 nitrogen and oxygen atoms in total. The Morgan fingerprint density at radius 1 is 0.500 bits per heavy atom. The third-order valence-corrected chi connectivity index (χ3v) is 6.78. The molecule has 0 N–H and O–H groups in total. The Morgan fingerprint density at radius 2 is 0.824 bits per heavy atom. The Hall–Kier alpha value is -1.05. The molecule has 0 saturated heterocycles. The molecule has 0 aromatic heterocycles. The molecule has 0 atom stereocenters. The number of carbonyl (C=O) groups excluding carboxylic acids is 1. The predicted molar refractivity (Wildman–Crippen MR) is 151 cm³/mol. The van der Waals surface area contributed by atoms with Gasteiger partial charge in [0.05, 0.1) is 6.61 Å². The van der Waals surface area contributed by atoms with Gasteiger partial charge in [0.15, 0.2) is 0 Å². The minimum atomic E-state index is -0.229. The standard InChI is InChI=1S/C32H60O2/c1-3-5-7-8-9-10-11-12-13-14-15-16-17-18-19-20-21-22-23-24-25-26-27-29-31-34-32(33)30-28-6-4-2/h4,6,28,30H,3,5,7-27,29,31H2,1-2H3/b6-4+,30-28+. The number of carbonyl (C=O) groups is 1. The van der Waals surface area contributed by atoms with E-state index in [-0.39, 0.29) is 5.97 Å². The van der Waals surface area contributed by atoms with Crippen molar-refractivity contribution in [3.05, 3.63) is 24.3 Å². The van der Waals surface area contributed by atoms with Gasteiger partial charge < -0.3 is 4.74 Å². The zero-order chi connectivity index (χ0) is 24.8. The molecule has 0 unspecified atom stereocenters. The number of ether oxygens (including phenoxy) is 1. The highest BCUT2D eigenvalue weighted by atomic mass is 16.5. The van der Waals surface area contributed by atoms with E-state index < -0.39 is 0 Å². The molecule has 200 valence electrons. The smallest absolute Gasteiger partial charge is 0.330 e. The molecule has 2 heteroatoms. The van der Waals surface area contributed by atoms with Crippen LogP contribution >= 0.6 is 0 Å². The minimum absolute atomic E-state index is 0.229. The minimum Gasteiger partial charge on any atom is -0.463 e. The second kappa shape index (κ2) is 30.0. The van der Waals surface area contributed by atoms with Crippen molar-refractivity contribution in [2.75, 3.05) is 6.61 Å². The normalized spacial score (nSPS) is 11.7. The van der Waals surface area contributed by atoms with Gasteiger partial charge in [-0.05, 0) is 13.3 Å². The van der Waals surface area contributed by atoms with Gasteiger partial charge in [-0.1, -0.05) is 173 Å². The Bertz CT molecular complexity index is 452. The number of hydrogen-bond acceptors (Lipinski definition) is 2. The molecule has 34 heavy (non-hydrogen) atoms. The topological polar surface area (TPSA) is 26.3 Å². The number of allylic oxidation sites excluding steroid dienone is 3. The molecule has 0 heterocycles. The largest absolute Gasteiger partial charge is 0.463 e. The Labute approximate surface area is 214 Å². The highest BCUT2D eigenvalue weighted by Gasteiger charge is 1.98. The van der Waals surface area contributed by atoms with Gasteiger partial charge in [-0.15, -0.1) is 0 Å². The van der Waals surface area contributed by atoms with Crippen molar-refractivity contribution in [3.63, 3.8) is 0 Å². The van der Waals surface area contributed by atoms with Crippen LogP contribution in [-0.4, -0.2) is 12.6 Å². The second-order valence-electron chi connectivity index (χ2n) is 10.2. The third-order valence-electron chi connectivity index (χ3n) is 6.78. The van der Waals surface area contributed by atoms with E-state index in [9.17, 15) is 4.79 Å². The third kappa shape index (κ3) is 29.0. The van der Waals surface area contributed by atoms with E-state index in [0.29, 0.717) is 6.61 Å². The molecule has 0 radical (unpaired) electrons. The molecule has 0 amide bonds. The molecule has 0 aromatic rings. The van der Waals surface area contributed by atoms with Crippen LogP contribution in [0.5, 0.6) is 0 Å². The molecule has 0 spiro atoms. The average molecular weight is 477 g/mol. The molecule has 0 rings (SSSR count). The number of hydrogen-bond donors (Lipinski definition) is 0. The fourth-order valence-corrected chi connectivity index (χ4v) is 4.53. The van der Waals surface area contributed by atoms with Gasteiger partial charge in [0.1, 0.15) is 0 Å². The maximum atomic E-state index is 11.4. The van der Waals surface area contributed by atoms with Crippen LogP contribution in [0.1, 0.15) is 168 Å². The van der Waals surface area contributed by atoms with Crippen LogP contribution in [0.15, 0.2) is 24.3 Å². The van der Waals surface area contributed by atoms with Crippen molar-refractivity contribution >= 4 is 5.97 Å². The van der Waals surface area contributed by atoms with Crippen LogP contribution < -0.4 is 0 Å². The number of esters is 1. The summed E-state index contributed by atoms with van der Waals surface area (Å²) >= 11 is 0. The summed E-state index contributed by atoms with van der Waals surface area (Å²) in [6, 6.07) is 0. The zero-order valence-electron chi connectivity index (χ0n) is 23.3. The first-order chi connectivity index (χ1) is 16.8. The lowest BCUT2D eigenvalue weighted by molar-refractivity contribution is -0.137. The summed E-state index contributed by atoms with van der Waals surface area (Å²) in [6.45, 7) is 4.78. The molecule has 0 aliphatic carbocycles. The molecule has 0 fully saturated rings. The fourth-order valence-electron chi connectivity index (χ4n) is 4.53. The lowest BCUT2D eigenvalue weighted by Gasteiger charge is -2.04. The van der Waals surface area contributed by atoms with Crippen molar-refractivity contribution in [2.45, 2.75) is 168 Å². The summed E-state index contributed by atoms with van der Waals surface area (Å²) in [5.41, 5.74) is 0. The molecule has 0 saturated carbocycles. The molecule has 0 aliphatic heterocycles. The van der Waals surface area contributed by atoms with Crippen molar-refractivity contribution in [1.82, 2.24) is 0 Å². The molecule has 0 aliphatic rings. The summed E-state index contributed by atoms with van der Waals surface area (Å²) in [5, 5.41) is 0. The molecule has 0 bridgehead atoms. The van der Waals surface area contributed by atoms with Gasteiger partial charge in [0.2, 0.25) is 0 Å². The summed E-state index contributed by atoms with van der Waals surface area (Å²) in [4.78, 5) is 11.4. The van der Waals surface area contributed by atoms with Crippen molar-refractivity contribution in [3.8, 4) is 0 Å². The van der Waals surface area contributed by atoms with Crippen LogP contribution in [-0.2, 0) is 9.53 Å². The SMILES string of the molecule is C/C=C/C=C/C(=O)OCCCCCCCCCCCCCCCCCCCCCCCCCC. The predicted octanol–water partition coefficient (Wildman–Crippen LogP) is 11.0.